The number of hydrogen-bond donors (Lipinski definition) is 1. The monoisotopic (exact) mass is 264 g/mol. The van der Waals surface area contributed by atoms with Gasteiger partial charge in [0.15, 0.2) is 4.77 Å². The average molecular weight is 264 g/mol. The lowest BCUT2D eigenvalue weighted by Gasteiger charge is -2.41. The zero-order valence-electron chi connectivity index (χ0n) is 10.5. The van der Waals surface area contributed by atoms with E-state index in [0.29, 0.717) is 15.7 Å². The summed E-state index contributed by atoms with van der Waals surface area (Å²) < 4.78 is 16.6. The lowest BCUT2D eigenvalue weighted by atomic mass is 9.67. The van der Waals surface area contributed by atoms with Gasteiger partial charge in [-0.05, 0) is 49.0 Å². The van der Waals surface area contributed by atoms with Crippen LogP contribution in [0, 0.1) is 16.0 Å². The third kappa shape index (κ3) is 1.70. The summed E-state index contributed by atoms with van der Waals surface area (Å²) in [7, 11) is 0. The number of halogens is 1. The first-order chi connectivity index (χ1) is 8.65. The van der Waals surface area contributed by atoms with Gasteiger partial charge in [0.25, 0.3) is 0 Å². The van der Waals surface area contributed by atoms with Gasteiger partial charge < -0.3 is 9.55 Å². The molecule has 1 N–H and O–H groups in total. The molecule has 2 nitrogen and oxygen atoms in total. The van der Waals surface area contributed by atoms with Crippen molar-refractivity contribution < 1.29 is 4.39 Å². The molecule has 0 radical (unpaired) electrons. The summed E-state index contributed by atoms with van der Waals surface area (Å²) in [6, 6.07) is 5.09. The van der Waals surface area contributed by atoms with Gasteiger partial charge in [-0.1, -0.05) is 19.4 Å². The van der Waals surface area contributed by atoms with Gasteiger partial charge in [0.05, 0.1) is 5.52 Å². The van der Waals surface area contributed by atoms with E-state index in [4.69, 9.17) is 12.2 Å². The predicted octanol–water partition coefficient (Wildman–Crippen LogP) is 4.42. The molecule has 1 heterocycles. The molecule has 0 spiro atoms. The fourth-order valence-electron chi connectivity index (χ4n) is 2.96. The SMILES string of the molecule is CCC1(Cn2c(=S)[nH]c3cccc(F)c32)CCC1. The van der Waals surface area contributed by atoms with Gasteiger partial charge in [-0.15, -0.1) is 0 Å². The molecule has 0 bridgehead atoms. The van der Waals surface area contributed by atoms with Crippen LogP contribution in [-0.4, -0.2) is 9.55 Å². The third-order valence-electron chi connectivity index (χ3n) is 4.40. The van der Waals surface area contributed by atoms with Crippen LogP contribution in [0.15, 0.2) is 18.2 Å². The Morgan fingerprint density at radius 1 is 1.44 bits per heavy atom. The number of rotatable bonds is 3. The highest BCUT2D eigenvalue weighted by Gasteiger charge is 2.36. The van der Waals surface area contributed by atoms with Crippen molar-refractivity contribution in [1.29, 1.82) is 0 Å². The second-order valence-corrected chi connectivity index (χ2v) is 5.75. The van der Waals surface area contributed by atoms with Crippen molar-refractivity contribution in [2.75, 3.05) is 0 Å². The first-order valence-corrected chi connectivity index (χ1v) is 6.93. The van der Waals surface area contributed by atoms with Crippen molar-refractivity contribution in [2.45, 2.75) is 39.2 Å². The highest BCUT2D eigenvalue weighted by molar-refractivity contribution is 7.71. The molecule has 4 heteroatoms. The van der Waals surface area contributed by atoms with Crippen LogP contribution in [0.5, 0.6) is 0 Å². The largest absolute Gasteiger partial charge is 0.330 e. The maximum atomic E-state index is 14.0. The number of nitrogens with one attached hydrogen (secondary N) is 1. The van der Waals surface area contributed by atoms with E-state index >= 15 is 0 Å². The Balaban J connectivity index is 2.11. The molecule has 0 atom stereocenters. The molecule has 0 unspecified atom stereocenters. The van der Waals surface area contributed by atoms with E-state index in [2.05, 4.69) is 11.9 Å². The molecule has 18 heavy (non-hydrogen) atoms. The lowest BCUT2D eigenvalue weighted by Crippen LogP contribution is -2.33. The first kappa shape index (κ1) is 11.9. The molecule has 1 aliphatic rings. The van der Waals surface area contributed by atoms with E-state index in [1.807, 2.05) is 10.6 Å². The van der Waals surface area contributed by atoms with Crippen molar-refractivity contribution in [2.24, 2.45) is 5.41 Å². The van der Waals surface area contributed by atoms with Crippen LogP contribution in [0.3, 0.4) is 0 Å². The van der Waals surface area contributed by atoms with E-state index in [1.165, 1.54) is 25.3 Å². The highest BCUT2D eigenvalue weighted by Crippen LogP contribution is 2.45. The fourth-order valence-corrected chi connectivity index (χ4v) is 3.23. The maximum absolute atomic E-state index is 14.0. The molecule has 0 aliphatic heterocycles. The summed E-state index contributed by atoms with van der Waals surface area (Å²) in [5.41, 5.74) is 1.75. The number of hydrogen-bond acceptors (Lipinski definition) is 1. The molecule has 1 fully saturated rings. The Hall–Kier alpha value is -1.16. The van der Waals surface area contributed by atoms with Gasteiger partial charge in [0.1, 0.15) is 11.3 Å². The lowest BCUT2D eigenvalue weighted by molar-refractivity contribution is 0.101. The van der Waals surface area contributed by atoms with E-state index in [1.54, 1.807) is 6.07 Å². The van der Waals surface area contributed by atoms with Crippen molar-refractivity contribution in [3.8, 4) is 0 Å². The van der Waals surface area contributed by atoms with Gasteiger partial charge >= 0.3 is 0 Å². The summed E-state index contributed by atoms with van der Waals surface area (Å²) in [4.78, 5) is 3.10. The first-order valence-electron chi connectivity index (χ1n) is 6.52. The maximum Gasteiger partial charge on any atom is 0.178 e. The normalized spacial score (nSPS) is 17.9. The standard InChI is InChI=1S/C14H17FN2S/c1-2-14(7-4-8-14)9-17-12-10(15)5-3-6-11(12)16-13(17)18/h3,5-6H,2,4,7-9H2,1H3,(H,16,18). The quantitative estimate of drug-likeness (QED) is 0.814. The molecular formula is C14H17FN2S. The molecule has 3 rings (SSSR count). The Labute approximate surface area is 111 Å². The van der Waals surface area contributed by atoms with Gasteiger partial charge in [-0.25, -0.2) is 4.39 Å². The molecule has 1 aliphatic carbocycles. The Kier molecular flexibility index (Phi) is 2.77. The molecule has 0 amide bonds. The van der Waals surface area contributed by atoms with Crippen molar-refractivity contribution in [3.05, 3.63) is 28.8 Å². The summed E-state index contributed by atoms with van der Waals surface area (Å²) in [5.74, 6) is -0.189. The summed E-state index contributed by atoms with van der Waals surface area (Å²) in [6.45, 7) is 3.05. The minimum Gasteiger partial charge on any atom is -0.330 e. The number of imidazole rings is 1. The van der Waals surface area contributed by atoms with Crippen LogP contribution in [0.1, 0.15) is 32.6 Å². The topological polar surface area (TPSA) is 20.7 Å². The molecular weight excluding hydrogens is 247 g/mol. The van der Waals surface area contributed by atoms with Crippen molar-refractivity contribution in [1.82, 2.24) is 9.55 Å². The zero-order chi connectivity index (χ0) is 12.8. The number of aromatic nitrogens is 2. The number of para-hydroxylation sites is 1. The third-order valence-corrected chi connectivity index (χ3v) is 4.72. The Morgan fingerprint density at radius 3 is 2.83 bits per heavy atom. The second kappa shape index (κ2) is 4.19. The van der Waals surface area contributed by atoms with E-state index < -0.39 is 0 Å². The van der Waals surface area contributed by atoms with Crippen LogP contribution in [0.25, 0.3) is 11.0 Å². The molecule has 96 valence electrons. The number of aromatic amines is 1. The Bertz CT molecular complexity index is 631. The smallest absolute Gasteiger partial charge is 0.178 e. The summed E-state index contributed by atoms with van der Waals surface area (Å²) in [6.07, 6.45) is 4.88. The second-order valence-electron chi connectivity index (χ2n) is 5.36. The van der Waals surface area contributed by atoms with Crippen LogP contribution in [0.4, 0.5) is 4.39 Å². The average Bonchev–Trinajstić information content (AvgIpc) is 2.61. The van der Waals surface area contributed by atoms with Crippen molar-refractivity contribution in [3.63, 3.8) is 0 Å². The molecule has 1 aromatic carbocycles. The Morgan fingerprint density at radius 2 is 2.22 bits per heavy atom. The van der Waals surface area contributed by atoms with Crippen LogP contribution in [-0.2, 0) is 6.54 Å². The van der Waals surface area contributed by atoms with E-state index in [0.717, 1.165) is 18.5 Å². The highest BCUT2D eigenvalue weighted by atomic mass is 32.1. The zero-order valence-corrected chi connectivity index (χ0v) is 11.3. The van der Waals surface area contributed by atoms with Gasteiger partial charge in [0, 0.05) is 6.54 Å². The number of benzene rings is 1. The molecule has 0 saturated heterocycles. The van der Waals surface area contributed by atoms with Gasteiger partial charge in [0.2, 0.25) is 0 Å². The summed E-state index contributed by atoms with van der Waals surface area (Å²) >= 11 is 5.34. The van der Waals surface area contributed by atoms with E-state index in [9.17, 15) is 4.39 Å². The fraction of sp³-hybridized carbons (Fsp3) is 0.500. The molecule has 1 saturated carbocycles. The van der Waals surface area contributed by atoms with Crippen LogP contribution >= 0.6 is 12.2 Å². The summed E-state index contributed by atoms with van der Waals surface area (Å²) in [5, 5.41) is 0. The number of H-pyrrole nitrogens is 1. The van der Waals surface area contributed by atoms with Crippen LogP contribution in [0.2, 0.25) is 0 Å². The predicted molar refractivity (Wildman–Crippen MR) is 73.7 cm³/mol. The van der Waals surface area contributed by atoms with Gasteiger partial charge in [-0.2, -0.15) is 0 Å². The van der Waals surface area contributed by atoms with E-state index in [-0.39, 0.29) is 5.82 Å². The minimum absolute atomic E-state index is 0.189. The number of nitrogens with zero attached hydrogens (tertiary/aromatic N) is 1. The minimum atomic E-state index is -0.189. The van der Waals surface area contributed by atoms with Crippen molar-refractivity contribution >= 4 is 23.3 Å². The van der Waals surface area contributed by atoms with Crippen LogP contribution < -0.4 is 0 Å². The number of fused-ring (bicyclic) bond motifs is 1. The molecule has 2 aromatic rings. The molecule has 1 aromatic heterocycles. The van der Waals surface area contributed by atoms with Gasteiger partial charge in [-0.3, -0.25) is 0 Å².